The summed E-state index contributed by atoms with van der Waals surface area (Å²) in [5.74, 6) is 0.230. The molecule has 0 aliphatic heterocycles. The molecule has 0 saturated carbocycles. The molecule has 0 fully saturated rings. The lowest BCUT2D eigenvalue weighted by atomic mass is 10.2. The van der Waals surface area contributed by atoms with Gasteiger partial charge in [0.1, 0.15) is 9.84 Å². The van der Waals surface area contributed by atoms with Crippen LogP contribution in [0.3, 0.4) is 0 Å². The first-order chi connectivity index (χ1) is 7.92. The van der Waals surface area contributed by atoms with Gasteiger partial charge in [-0.25, -0.2) is 8.42 Å². The number of sulfone groups is 1. The molecule has 2 N–H and O–H groups in total. The fraction of sp³-hybridized carbons (Fsp3) is 0.500. The van der Waals surface area contributed by atoms with Crippen molar-refractivity contribution in [1.29, 1.82) is 0 Å². The summed E-state index contributed by atoms with van der Waals surface area (Å²) in [5.41, 5.74) is 7.73. The molecule has 0 amide bonds. The van der Waals surface area contributed by atoms with Gasteiger partial charge in [-0.1, -0.05) is 12.1 Å². The zero-order valence-electron chi connectivity index (χ0n) is 10.4. The Kier molecular flexibility index (Phi) is 4.96. The molecule has 0 bridgehead atoms. The number of nitrogens with two attached hydrogens (primary N) is 1. The van der Waals surface area contributed by atoms with E-state index in [1.807, 2.05) is 36.2 Å². The van der Waals surface area contributed by atoms with Gasteiger partial charge in [0.25, 0.3) is 0 Å². The van der Waals surface area contributed by atoms with Crippen molar-refractivity contribution in [3.63, 3.8) is 0 Å². The van der Waals surface area contributed by atoms with E-state index in [1.165, 1.54) is 6.26 Å². The highest BCUT2D eigenvalue weighted by Gasteiger charge is 2.05. The SMILES string of the molecule is CN(CCCS(C)(=O)=O)c1cccc(CN)c1. The topological polar surface area (TPSA) is 63.4 Å². The zero-order chi connectivity index (χ0) is 12.9. The minimum absolute atomic E-state index is 0.230. The number of rotatable bonds is 6. The number of hydrogen-bond donors (Lipinski definition) is 1. The van der Waals surface area contributed by atoms with Crippen molar-refractivity contribution in [3.8, 4) is 0 Å². The molecule has 5 heteroatoms. The van der Waals surface area contributed by atoms with Crippen LogP contribution in [0.25, 0.3) is 0 Å². The maximum Gasteiger partial charge on any atom is 0.147 e. The van der Waals surface area contributed by atoms with Crippen molar-refractivity contribution in [1.82, 2.24) is 0 Å². The third-order valence-corrected chi connectivity index (χ3v) is 3.63. The van der Waals surface area contributed by atoms with E-state index in [0.717, 1.165) is 17.8 Å². The smallest absolute Gasteiger partial charge is 0.147 e. The van der Waals surface area contributed by atoms with E-state index >= 15 is 0 Å². The van der Waals surface area contributed by atoms with Crippen LogP contribution in [-0.2, 0) is 16.4 Å². The second kappa shape index (κ2) is 6.02. The number of anilines is 1. The summed E-state index contributed by atoms with van der Waals surface area (Å²) >= 11 is 0. The molecule has 0 aliphatic carbocycles. The quantitative estimate of drug-likeness (QED) is 0.825. The Bertz CT molecular complexity index is 457. The highest BCUT2D eigenvalue weighted by Crippen LogP contribution is 2.14. The Morgan fingerprint density at radius 1 is 1.35 bits per heavy atom. The number of hydrogen-bond acceptors (Lipinski definition) is 4. The lowest BCUT2D eigenvalue weighted by Gasteiger charge is -2.19. The molecule has 0 spiro atoms. The molecular weight excluding hydrogens is 236 g/mol. The molecule has 0 unspecified atom stereocenters. The standard InChI is InChI=1S/C12H20N2O2S/c1-14(7-4-8-17(2,15)16)12-6-3-5-11(9-12)10-13/h3,5-6,9H,4,7-8,10,13H2,1-2H3. The van der Waals surface area contributed by atoms with Gasteiger partial charge in [-0.3, -0.25) is 0 Å². The van der Waals surface area contributed by atoms with Crippen LogP contribution < -0.4 is 10.6 Å². The van der Waals surface area contributed by atoms with Crippen LogP contribution in [0.15, 0.2) is 24.3 Å². The third kappa shape index (κ3) is 5.19. The van der Waals surface area contributed by atoms with Crippen LogP contribution in [0.5, 0.6) is 0 Å². The van der Waals surface area contributed by atoms with Crippen LogP contribution in [-0.4, -0.2) is 34.0 Å². The summed E-state index contributed by atoms with van der Waals surface area (Å²) in [6, 6.07) is 7.97. The maximum atomic E-state index is 11.0. The van der Waals surface area contributed by atoms with Gasteiger partial charge >= 0.3 is 0 Å². The van der Waals surface area contributed by atoms with Crippen molar-refractivity contribution in [2.75, 3.05) is 30.5 Å². The maximum absolute atomic E-state index is 11.0. The molecule has 0 saturated heterocycles. The Morgan fingerprint density at radius 3 is 2.65 bits per heavy atom. The van der Waals surface area contributed by atoms with E-state index in [9.17, 15) is 8.42 Å². The fourth-order valence-corrected chi connectivity index (χ4v) is 2.27. The first-order valence-corrected chi connectivity index (χ1v) is 7.66. The van der Waals surface area contributed by atoms with Crippen LogP contribution >= 0.6 is 0 Å². The molecule has 4 nitrogen and oxygen atoms in total. The van der Waals surface area contributed by atoms with Gasteiger partial charge in [-0.2, -0.15) is 0 Å². The largest absolute Gasteiger partial charge is 0.375 e. The molecule has 1 rings (SSSR count). The molecule has 96 valence electrons. The van der Waals surface area contributed by atoms with Gasteiger partial charge < -0.3 is 10.6 Å². The van der Waals surface area contributed by atoms with E-state index in [-0.39, 0.29) is 5.75 Å². The molecule has 0 heterocycles. The first-order valence-electron chi connectivity index (χ1n) is 5.60. The van der Waals surface area contributed by atoms with E-state index in [4.69, 9.17) is 5.73 Å². The highest BCUT2D eigenvalue weighted by atomic mass is 32.2. The van der Waals surface area contributed by atoms with Gasteiger partial charge in [-0.05, 0) is 24.1 Å². The normalized spacial score (nSPS) is 11.5. The molecule has 0 aromatic heterocycles. The summed E-state index contributed by atoms with van der Waals surface area (Å²) in [7, 11) is -0.905. The van der Waals surface area contributed by atoms with Crippen LogP contribution in [0.1, 0.15) is 12.0 Å². The summed E-state index contributed by atoms with van der Waals surface area (Å²) in [4.78, 5) is 2.05. The fourth-order valence-electron chi connectivity index (χ4n) is 1.61. The predicted octanol–water partition coefficient (Wildman–Crippen LogP) is 1.02. The Balaban J connectivity index is 2.54. The molecule has 1 aromatic rings. The van der Waals surface area contributed by atoms with Crippen molar-refractivity contribution in [2.24, 2.45) is 5.73 Å². The number of nitrogens with zero attached hydrogens (tertiary/aromatic N) is 1. The lowest BCUT2D eigenvalue weighted by molar-refractivity contribution is 0.599. The van der Waals surface area contributed by atoms with Gasteiger partial charge in [-0.15, -0.1) is 0 Å². The molecule has 0 aliphatic rings. The van der Waals surface area contributed by atoms with E-state index < -0.39 is 9.84 Å². The van der Waals surface area contributed by atoms with E-state index in [0.29, 0.717) is 13.0 Å². The summed E-state index contributed by atoms with van der Waals surface area (Å²) < 4.78 is 22.0. The molecule has 17 heavy (non-hydrogen) atoms. The predicted molar refractivity (Wildman–Crippen MR) is 71.9 cm³/mol. The van der Waals surface area contributed by atoms with Crippen LogP contribution in [0.2, 0.25) is 0 Å². The van der Waals surface area contributed by atoms with Crippen LogP contribution in [0.4, 0.5) is 5.69 Å². The van der Waals surface area contributed by atoms with Gasteiger partial charge in [0.2, 0.25) is 0 Å². The Morgan fingerprint density at radius 2 is 2.06 bits per heavy atom. The van der Waals surface area contributed by atoms with Crippen molar-refractivity contribution >= 4 is 15.5 Å². The summed E-state index contributed by atoms with van der Waals surface area (Å²) in [6.07, 6.45) is 1.91. The molecule has 0 atom stereocenters. The average Bonchev–Trinajstić information content (AvgIpc) is 2.27. The monoisotopic (exact) mass is 256 g/mol. The lowest BCUT2D eigenvalue weighted by Crippen LogP contribution is -2.21. The van der Waals surface area contributed by atoms with Crippen molar-refractivity contribution in [3.05, 3.63) is 29.8 Å². The van der Waals surface area contributed by atoms with E-state index in [2.05, 4.69) is 0 Å². The second-order valence-corrected chi connectivity index (χ2v) is 6.54. The molecule has 1 aromatic carbocycles. The van der Waals surface area contributed by atoms with Gasteiger partial charge in [0.05, 0.1) is 5.75 Å². The van der Waals surface area contributed by atoms with Gasteiger partial charge in [0.15, 0.2) is 0 Å². The zero-order valence-corrected chi connectivity index (χ0v) is 11.2. The average molecular weight is 256 g/mol. The summed E-state index contributed by atoms with van der Waals surface area (Å²) in [5, 5.41) is 0. The van der Waals surface area contributed by atoms with E-state index in [1.54, 1.807) is 0 Å². The third-order valence-electron chi connectivity index (χ3n) is 2.60. The Labute approximate surface area is 103 Å². The molecule has 0 radical (unpaired) electrons. The second-order valence-electron chi connectivity index (χ2n) is 4.28. The highest BCUT2D eigenvalue weighted by molar-refractivity contribution is 7.90. The van der Waals surface area contributed by atoms with Gasteiger partial charge in [0, 0.05) is 32.1 Å². The molecular formula is C12H20N2O2S. The van der Waals surface area contributed by atoms with Crippen molar-refractivity contribution in [2.45, 2.75) is 13.0 Å². The summed E-state index contributed by atoms with van der Waals surface area (Å²) in [6.45, 7) is 1.24. The van der Waals surface area contributed by atoms with Crippen molar-refractivity contribution < 1.29 is 8.42 Å². The van der Waals surface area contributed by atoms with Crippen LogP contribution in [0, 0.1) is 0 Å². The minimum atomic E-state index is -2.86. The number of benzene rings is 1. The Hall–Kier alpha value is -1.07. The minimum Gasteiger partial charge on any atom is -0.375 e. The first kappa shape index (κ1) is 14.0.